The standard InChI is InChI=1S/C24H29N5O/c1-18-8-9-21-22(27(18)2)10-11-23(24(21)30-20-6-4-3-5-7-20)29-17-19(16-26-29)28-14-12-25-13-15-28/h3-7,10-11,16-18,25H,8-9,12-15H2,1-2H3. The van der Waals surface area contributed by atoms with Crippen LogP contribution in [0.15, 0.2) is 54.9 Å². The van der Waals surface area contributed by atoms with Crippen LogP contribution < -0.4 is 19.9 Å². The molecule has 1 fully saturated rings. The van der Waals surface area contributed by atoms with Crippen LogP contribution in [0.1, 0.15) is 18.9 Å². The van der Waals surface area contributed by atoms with Crippen LogP contribution in [0.4, 0.5) is 11.4 Å². The van der Waals surface area contributed by atoms with Crippen LogP contribution in [0.2, 0.25) is 0 Å². The minimum Gasteiger partial charge on any atom is -0.455 e. The molecule has 0 bridgehead atoms. The summed E-state index contributed by atoms with van der Waals surface area (Å²) in [4.78, 5) is 4.74. The van der Waals surface area contributed by atoms with Crippen LogP contribution in [0, 0.1) is 0 Å². The van der Waals surface area contributed by atoms with E-state index in [1.54, 1.807) is 0 Å². The third-order valence-corrected chi connectivity index (χ3v) is 6.33. The van der Waals surface area contributed by atoms with Crippen molar-refractivity contribution in [3.05, 3.63) is 60.4 Å². The number of rotatable bonds is 4. The molecular weight excluding hydrogens is 374 g/mol. The molecule has 2 aliphatic rings. The van der Waals surface area contributed by atoms with E-state index >= 15 is 0 Å². The van der Waals surface area contributed by atoms with E-state index in [4.69, 9.17) is 9.84 Å². The van der Waals surface area contributed by atoms with Gasteiger partial charge in [0.05, 0.1) is 18.1 Å². The van der Waals surface area contributed by atoms with E-state index in [-0.39, 0.29) is 0 Å². The zero-order valence-corrected chi connectivity index (χ0v) is 17.7. The molecule has 30 heavy (non-hydrogen) atoms. The maximum absolute atomic E-state index is 6.49. The molecule has 0 spiro atoms. The van der Waals surface area contributed by atoms with Crippen molar-refractivity contribution in [1.29, 1.82) is 0 Å². The SMILES string of the molecule is CC1CCc2c(ccc(-n3cc(N4CCNCC4)cn3)c2Oc2ccccc2)N1C. The highest BCUT2D eigenvalue weighted by molar-refractivity contribution is 5.68. The maximum Gasteiger partial charge on any atom is 0.158 e. The van der Waals surface area contributed by atoms with Gasteiger partial charge in [0, 0.05) is 50.5 Å². The summed E-state index contributed by atoms with van der Waals surface area (Å²) >= 11 is 0. The zero-order valence-electron chi connectivity index (χ0n) is 17.7. The first-order valence-corrected chi connectivity index (χ1v) is 10.8. The number of aromatic nitrogens is 2. The summed E-state index contributed by atoms with van der Waals surface area (Å²) in [7, 11) is 2.17. The lowest BCUT2D eigenvalue weighted by Crippen LogP contribution is -2.43. The Bertz CT molecular complexity index is 1010. The van der Waals surface area contributed by atoms with Crippen molar-refractivity contribution < 1.29 is 4.74 Å². The summed E-state index contributed by atoms with van der Waals surface area (Å²) in [6, 6.07) is 14.9. The van der Waals surface area contributed by atoms with Crippen molar-refractivity contribution in [3.8, 4) is 17.2 Å². The Morgan fingerprint density at radius 2 is 1.80 bits per heavy atom. The molecule has 0 saturated carbocycles. The van der Waals surface area contributed by atoms with E-state index in [9.17, 15) is 0 Å². The fraction of sp³-hybridized carbons (Fsp3) is 0.375. The lowest BCUT2D eigenvalue weighted by atomic mass is 9.95. The molecule has 2 aliphatic heterocycles. The molecule has 5 rings (SSSR count). The molecule has 3 aromatic rings. The summed E-state index contributed by atoms with van der Waals surface area (Å²) in [5.74, 6) is 1.76. The summed E-state index contributed by atoms with van der Waals surface area (Å²) in [6.45, 7) is 6.31. The van der Waals surface area contributed by atoms with Crippen molar-refractivity contribution in [2.45, 2.75) is 25.8 Å². The van der Waals surface area contributed by atoms with Crippen LogP contribution in [-0.4, -0.2) is 49.0 Å². The minimum absolute atomic E-state index is 0.525. The number of nitrogens with one attached hydrogen (secondary N) is 1. The second kappa shape index (κ2) is 8.03. The Morgan fingerprint density at radius 3 is 2.60 bits per heavy atom. The number of para-hydroxylation sites is 1. The van der Waals surface area contributed by atoms with Crippen LogP contribution in [0.25, 0.3) is 5.69 Å². The first-order chi connectivity index (χ1) is 14.7. The van der Waals surface area contributed by atoms with E-state index in [1.807, 2.05) is 41.2 Å². The van der Waals surface area contributed by atoms with Crippen molar-refractivity contribution in [2.24, 2.45) is 0 Å². The van der Waals surface area contributed by atoms with E-state index in [0.717, 1.165) is 61.9 Å². The Balaban J connectivity index is 1.57. The second-order valence-corrected chi connectivity index (χ2v) is 8.21. The average molecular weight is 404 g/mol. The molecular formula is C24H29N5O. The molecule has 0 aliphatic carbocycles. The van der Waals surface area contributed by atoms with Crippen LogP contribution in [-0.2, 0) is 6.42 Å². The Labute approximate surface area is 178 Å². The van der Waals surface area contributed by atoms with Gasteiger partial charge in [0.25, 0.3) is 0 Å². The van der Waals surface area contributed by atoms with Crippen molar-refractivity contribution >= 4 is 11.4 Å². The van der Waals surface area contributed by atoms with Crippen molar-refractivity contribution in [1.82, 2.24) is 15.1 Å². The molecule has 1 saturated heterocycles. The molecule has 1 unspecified atom stereocenters. The van der Waals surface area contributed by atoms with Gasteiger partial charge in [-0.2, -0.15) is 5.10 Å². The van der Waals surface area contributed by atoms with Gasteiger partial charge in [-0.25, -0.2) is 4.68 Å². The molecule has 6 nitrogen and oxygen atoms in total. The number of piperazine rings is 1. The van der Waals surface area contributed by atoms with Gasteiger partial charge >= 0.3 is 0 Å². The van der Waals surface area contributed by atoms with E-state index < -0.39 is 0 Å². The van der Waals surface area contributed by atoms with Crippen LogP contribution in [0.5, 0.6) is 11.5 Å². The number of ether oxygens (including phenoxy) is 1. The molecule has 1 atom stereocenters. The van der Waals surface area contributed by atoms with Gasteiger partial charge in [0.2, 0.25) is 0 Å². The lowest BCUT2D eigenvalue weighted by molar-refractivity contribution is 0.464. The number of benzene rings is 2. The highest BCUT2D eigenvalue weighted by atomic mass is 16.5. The zero-order chi connectivity index (χ0) is 20.5. The van der Waals surface area contributed by atoms with Gasteiger partial charge in [0.15, 0.2) is 5.75 Å². The van der Waals surface area contributed by atoms with Gasteiger partial charge in [-0.1, -0.05) is 18.2 Å². The monoisotopic (exact) mass is 403 g/mol. The number of hydrogen-bond donors (Lipinski definition) is 1. The van der Waals surface area contributed by atoms with Gasteiger partial charge in [-0.3, -0.25) is 0 Å². The smallest absolute Gasteiger partial charge is 0.158 e. The first-order valence-electron chi connectivity index (χ1n) is 10.8. The number of nitrogens with zero attached hydrogens (tertiary/aromatic N) is 4. The summed E-state index contributed by atoms with van der Waals surface area (Å²) in [5, 5.41) is 8.12. The fourth-order valence-corrected chi connectivity index (χ4v) is 4.39. The van der Waals surface area contributed by atoms with Gasteiger partial charge < -0.3 is 19.9 Å². The Morgan fingerprint density at radius 1 is 1.03 bits per heavy atom. The van der Waals surface area contributed by atoms with Gasteiger partial charge in [-0.15, -0.1) is 0 Å². The molecule has 2 aromatic carbocycles. The first kappa shape index (κ1) is 19.0. The molecule has 6 heteroatoms. The largest absolute Gasteiger partial charge is 0.455 e. The van der Waals surface area contributed by atoms with E-state index in [0.29, 0.717) is 6.04 Å². The van der Waals surface area contributed by atoms with Gasteiger partial charge in [0.1, 0.15) is 11.4 Å². The second-order valence-electron chi connectivity index (χ2n) is 8.21. The highest BCUT2D eigenvalue weighted by Crippen LogP contribution is 2.41. The Hall–Kier alpha value is -2.99. The number of anilines is 2. The molecule has 1 N–H and O–H groups in total. The molecule has 156 valence electrons. The Kier molecular flexibility index (Phi) is 5.09. The van der Waals surface area contributed by atoms with Crippen LogP contribution >= 0.6 is 0 Å². The maximum atomic E-state index is 6.49. The fourth-order valence-electron chi connectivity index (χ4n) is 4.39. The summed E-state index contributed by atoms with van der Waals surface area (Å²) in [6.07, 6.45) is 6.21. The third kappa shape index (κ3) is 3.52. The van der Waals surface area contributed by atoms with Crippen molar-refractivity contribution in [3.63, 3.8) is 0 Å². The summed E-state index contributed by atoms with van der Waals surface area (Å²) in [5.41, 5.74) is 4.65. The van der Waals surface area contributed by atoms with Crippen molar-refractivity contribution in [2.75, 3.05) is 43.0 Å². The minimum atomic E-state index is 0.525. The van der Waals surface area contributed by atoms with Gasteiger partial charge in [-0.05, 0) is 44.0 Å². The number of hydrogen-bond acceptors (Lipinski definition) is 5. The third-order valence-electron chi connectivity index (χ3n) is 6.33. The molecule has 0 radical (unpaired) electrons. The number of fused-ring (bicyclic) bond motifs is 1. The molecule has 1 aromatic heterocycles. The average Bonchev–Trinajstić information content (AvgIpc) is 3.28. The normalized spacial score (nSPS) is 18.9. The lowest BCUT2D eigenvalue weighted by Gasteiger charge is -2.35. The molecule has 3 heterocycles. The molecule has 0 amide bonds. The predicted octanol–water partition coefficient (Wildman–Crippen LogP) is 3.85. The highest BCUT2D eigenvalue weighted by Gasteiger charge is 2.26. The van der Waals surface area contributed by atoms with E-state index in [1.165, 1.54) is 11.3 Å². The summed E-state index contributed by atoms with van der Waals surface area (Å²) < 4.78 is 8.46. The van der Waals surface area contributed by atoms with E-state index in [2.05, 4.69) is 47.4 Å². The topological polar surface area (TPSA) is 45.6 Å². The van der Waals surface area contributed by atoms with Crippen LogP contribution in [0.3, 0.4) is 0 Å². The predicted molar refractivity (Wildman–Crippen MR) is 121 cm³/mol. The quantitative estimate of drug-likeness (QED) is 0.717.